The molecule has 4 heteroatoms. The first kappa shape index (κ1) is 11.2. The van der Waals surface area contributed by atoms with Gasteiger partial charge in [-0.3, -0.25) is 0 Å². The Labute approximate surface area is 106 Å². The van der Waals surface area contributed by atoms with Gasteiger partial charge in [-0.25, -0.2) is 0 Å². The molecule has 1 aromatic carbocycles. The molecule has 1 saturated heterocycles. The molecule has 0 spiro atoms. The van der Waals surface area contributed by atoms with Gasteiger partial charge in [0.1, 0.15) is 0 Å². The lowest BCUT2D eigenvalue weighted by atomic mass is 10.1. The number of hydrogen-bond acceptors (Lipinski definition) is 4. The molecule has 0 radical (unpaired) electrons. The van der Waals surface area contributed by atoms with Crippen molar-refractivity contribution in [2.75, 3.05) is 18.3 Å². The van der Waals surface area contributed by atoms with Gasteiger partial charge in [-0.2, -0.15) is 11.8 Å². The molecular formula is C13H17NO2S. The van der Waals surface area contributed by atoms with E-state index in [2.05, 4.69) is 24.4 Å². The van der Waals surface area contributed by atoms with Gasteiger partial charge in [0.2, 0.25) is 6.79 Å². The summed E-state index contributed by atoms with van der Waals surface area (Å²) in [5.41, 5.74) is 1.31. The summed E-state index contributed by atoms with van der Waals surface area (Å²) in [6.45, 7) is 2.59. The minimum atomic E-state index is 0.350. The van der Waals surface area contributed by atoms with Crippen molar-refractivity contribution >= 4 is 11.8 Å². The van der Waals surface area contributed by atoms with Crippen LogP contribution in [-0.4, -0.2) is 24.3 Å². The molecule has 17 heavy (non-hydrogen) atoms. The number of benzene rings is 1. The van der Waals surface area contributed by atoms with E-state index >= 15 is 0 Å². The zero-order valence-electron chi connectivity index (χ0n) is 9.94. The average molecular weight is 251 g/mol. The Morgan fingerprint density at radius 1 is 1.29 bits per heavy atom. The second-order valence-electron chi connectivity index (χ2n) is 4.47. The number of nitrogens with one attached hydrogen (secondary N) is 1. The van der Waals surface area contributed by atoms with Crippen molar-refractivity contribution in [3.63, 3.8) is 0 Å². The van der Waals surface area contributed by atoms with E-state index in [1.165, 1.54) is 17.7 Å². The number of ether oxygens (including phenoxy) is 2. The van der Waals surface area contributed by atoms with Gasteiger partial charge >= 0.3 is 0 Å². The third-order valence-electron chi connectivity index (χ3n) is 3.33. The van der Waals surface area contributed by atoms with Crippen LogP contribution in [0.15, 0.2) is 18.2 Å². The highest BCUT2D eigenvalue weighted by Gasteiger charge is 2.23. The number of hydrogen-bond donors (Lipinski definition) is 1. The van der Waals surface area contributed by atoms with Crippen LogP contribution in [0.5, 0.6) is 11.5 Å². The molecule has 0 saturated carbocycles. The van der Waals surface area contributed by atoms with Crippen LogP contribution < -0.4 is 14.8 Å². The monoisotopic (exact) mass is 251 g/mol. The highest BCUT2D eigenvalue weighted by atomic mass is 32.2. The lowest BCUT2D eigenvalue weighted by molar-refractivity contribution is 0.174. The second kappa shape index (κ2) is 4.78. The molecule has 92 valence electrons. The Bertz CT molecular complexity index is 410. The van der Waals surface area contributed by atoms with Gasteiger partial charge in [-0.1, -0.05) is 13.0 Å². The van der Waals surface area contributed by atoms with E-state index in [-0.39, 0.29) is 0 Å². The van der Waals surface area contributed by atoms with Crippen molar-refractivity contribution in [3.8, 4) is 11.5 Å². The summed E-state index contributed by atoms with van der Waals surface area (Å²) in [6, 6.07) is 7.33. The lowest BCUT2D eigenvalue weighted by Crippen LogP contribution is -2.39. The molecule has 2 heterocycles. The van der Waals surface area contributed by atoms with E-state index in [0.717, 1.165) is 17.3 Å². The van der Waals surface area contributed by atoms with Gasteiger partial charge in [0, 0.05) is 23.6 Å². The smallest absolute Gasteiger partial charge is 0.231 e. The van der Waals surface area contributed by atoms with E-state index in [0.29, 0.717) is 18.9 Å². The Kier molecular flexibility index (Phi) is 3.16. The van der Waals surface area contributed by atoms with Crippen molar-refractivity contribution in [2.24, 2.45) is 0 Å². The van der Waals surface area contributed by atoms with E-state index in [9.17, 15) is 0 Å². The van der Waals surface area contributed by atoms with E-state index < -0.39 is 0 Å². The molecule has 0 amide bonds. The first-order valence-corrected chi connectivity index (χ1v) is 7.25. The third-order valence-corrected chi connectivity index (χ3v) is 4.54. The van der Waals surface area contributed by atoms with Crippen molar-refractivity contribution < 1.29 is 9.47 Å². The molecule has 1 fully saturated rings. The summed E-state index contributed by atoms with van der Waals surface area (Å²) >= 11 is 2.03. The summed E-state index contributed by atoms with van der Waals surface area (Å²) in [5, 5.41) is 3.69. The maximum absolute atomic E-state index is 5.43. The quantitative estimate of drug-likeness (QED) is 0.875. The van der Waals surface area contributed by atoms with Crippen LogP contribution in [0.25, 0.3) is 0 Å². The number of fused-ring (bicyclic) bond motifs is 1. The molecule has 3 nitrogen and oxygen atoms in total. The topological polar surface area (TPSA) is 30.5 Å². The lowest BCUT2D eigenvalue weighted by Gasteiger charge is -2.30. The normalized spacial score (nSPS) is 27.1. The summed E-state index contributed by atoms with van der Waals surface area (Å²) in [6.07, 6.45) is 1.19. The largest absolute Gasteiger partial charge is 0.454 e. The van der Waals surface area contributed by atoms with Crippen LogP contribution in [0.4, 0.5) is 0 Å². The van der Waals surface area contributed by atoms with E-state index in [4.69, 9.17) is 9.47 Å². The van der Waals surface area contributed by atoms with E-state index in [1.54, 1.807) is 0 Å². The Morgan fingerprint density at radius 3 is 3.06 bits per heavy atom. The maximum Gasteiger partial charge on any atom is 0.231 e. The molecule has 0 aromatic heterocycles. The zero-order chi connectivity index (χ0) is 11.7. The summed E-state index contributed by atoms with van der Waals surface area (Å²) in [4.78, 5) is 0. The highest BCUT2D eigenvalue weighted by Crippen LogP contribution is 2.35. The molecular weight excluding hydrogens is 234 g/mol. The fourth-order valence-electron chi connectivity index (χ4n) is 2.27. The predicted molar refractivity (Wildman–Crippen MR) is 69.8 cm³/mol. The molecule has 2 aliphatic rings. The standard InChI is InChI=1S/C13H17NO2S/c1-2-10-6-17-7-11(14-10)9-3-4-12-13(5-9)16-8-15-12/h3-5,10-11,14H,2,6-8H2,1H3. The summed E-state index contributed by atoms with van der Waals surface area (Å²) in [7, 11) is 0. The van der Waals surface area contributed by atoms with Crippen LogP contribution >= 0.6 is 11.8 Å². The van der Waals surface area contributed by atoms with Crippen molar-refractivity contribution in [1.29, 1.82) is 0 Å². The summed E-state index contributed by atoms with van der Waals surface area (Å²) in [5.74, 6) is 4.10. The van der Waals surface area contributed by atoms with Crippen molar-refractivity contribution in [1.82, 2.24) is 5.32 Å². The van der Waals surface area contributed by atoms with Crippen molar-refractivity contribution in [2.45, 2.75) is 25.4 Å². The van der Waals surface area contributed by atoms with Crippen molar-refractivity contribution in [3.05, 3.63) is 23.8 Å². The number of rotatable bonds is 2. The fourth-order valence-corrected chi connectivity index (χ4v) is 3.54. The molecule has 2 unspecified atom stereocenters. The number of thioether (sulfide) groups is 1. The fraction of sp³-hybridized carbons (Fsp3) is 0.538. The van der Waals surface area contributed by atoms with Crippen LogP contribution in [-0.2, 0) is 0 Å². The Morgan fingerprint density at radius 2 is 2.18 bits per heavy atom. The van der Waals surface area contributed by atoms with Gasteiger partial charge in [-0.15, -0.1) is 0 Å². The first-order chi connectivity index (χ1) is 8.36. The molecule has 0 bridgehead atoms. The van der Waals surface area contributed by atoms with Gasteiger partial charge < -0.3 is 14.8 Å². The van der Waals surface area contributed by atoms with Gasteiger partial charge in [0.15, 0.2) is 11.5 Å². The summed E-state index contributed by atoms with van der Waals surface area (Å²) < 4.78 is 10.8. The minimum Gasteiger partial charge on any atom is -0.454 e. The highest BCUT2D eigenvalue weighted by molar-refractivity contribution is 7.99. The second-order valence-corrected chi connectivity index (χ2v) is 5.55. The SMILES string of the molecule is CCC1CSCC(c2ccc3c(c2)OCO3)N1. The van der Waals surface area contributed by atoms with Gasteiger partial charge in [-0.05, 0) is 24.1 Å². The van der Waals surface area contributed by atoms with Crippen LogP contribution in [0, 0.1) is 0 Å². The van der Waals surface area contributed by atoms with Gasteiger partial charge in [0.05, 0.1) is 0 Å². The predicted octanol–water partition coefficient (Wildman–Crippen LogP) is 2.57. The molecule has 3 rings (SSSR count). The molecule has 1 N–H and O–H groups in total. The average Bonchev–Trinajstić information content (AvgIpc) is 2.86. The third kappa shape index (κ3) is 2.24. The van der Waals surface area contributed by atoms with Crippen LogP contribution in [0.2, 0.25) is 0 Å². The molecule has 2 aliphatic heterocycles. The van der Waals surface area contributed by atoms with Crippen LogP contribution in [0.3, 0.4) is 0 Å². The Hall–Kier alpha value is -0.870. The minimum absolute atomic E-state index is 0.350. The zero-order valence-corrected chi connectivity index (χ0v) is 10.8. The molecule has 0 aliphatic carbocycles. The molecule has 2 atom stereocenters. The Balaban J connectivity index is 1.79. The van der Waals surface area contributed by atoms with Crippen LogP contribution in [0.1, 0.15) is 24.9 Å². The first-order valence-electron chi connectivity index (χ1n) is 6.10. The maximum atomic E-state index is 5.43. The van der Waals surface area contributed by atoms with Gasteiger partial charge in [0.25, 0.3) is 0 Å². The molecule has 1 aromatic rings. The van der Waals surface area contributed by atoms with E-state index in [1.807, 2.05) is 17.8 Å².